The van der Waals surface area contributed by atoms with Gasteiger partial charge in [0.05, 0.1) is 18.6 Å². The molecule has 0 radical (unpaired) electrons. The number of oxime groups is 1. The molecule has 0 heterocycles. The van der Waals surface area contributed by atoms with Gasteiger partial charge in [0, 0.05) is 13.6 Å². The van der Waals surface area contributed by atoms with Gasteiger partial charge >= 0.3 is 0 Å². The molecular formula is C11H23N3O3. The highest BCUT2D eigenvalue weighted by molar-refractivity contribution is 6.01. The van der Waals surface area contributed by atoms with E-state index in [1.54, 1.807) is 7.05 Å². The van der Waals surface area contributed by atoms with Gasteiger partial charge in [0.1, 0.15) is 0 Å². The monoisotopic (exact) mass is 245 g/mol. The van der Waals surface area contributed by atoms with Crippen LogP contribution in [-0.4, -0.2) is 48.2 Å². The lowest BCUT2D eigenvalue weighted by molar-refractivity contribution is -0.133. The lowest BCUT2D eigenvalue weighted by Crippen LogP contribution is -2.41. The van der Waals surface area contributed by atoms with Gasteiger partial charge in [-0.1, -0.05) is 12.1 Å². The van der Waals surface area contributed by atoms with E-state index in [0.717, 1.165) is 0 Å². The first-order chi connectivity index (χ1) is 7.93. The van der Waals surface area contributed by atoms with Crippen molar-refractivity contribution in [3.63, 3.8) is 0 Å². The smallest absolute Gasteiger partial charge is 0.233 e. The van der Waals surface area contributed by atoms with Gasteiger partial charge in [0.2, 0.25) is 5.91 Å². The SMILES string of the molecule is CCC(C(=O)N(C)CCOC(C)C)C(N)=NO. The van der Waals surface area contributed by atoms with E-state index in [1.165, 1.54) is 4.90 Å². The summed E-state index contributed by atoms with van der Waals surface area (Å²) in [6.07, 6.45) is 0.647. The Morgan fingerprint density at radius 1 is 1.53 bits per heavy atom. The number of amidine groups is 1. The summed E-state index contributed by atoms with van der Waals surface area (Å²) in [7, 11) is 1.68. The largest absolute Gasteiger partial charge is 0.409 e. The first kappa shape index (κ1) is 15.7. The van der Waals surface area contributed by atoms with Crippen molar-refractivity contribution in [3.8, 4) is 0 Å². The zero-order valence-corrected chi connectivity index (χ0v) is 11.0. The average Bonchev–Trinajstić information content (AvgIpc) is 2.28. The Morgan fingerprint density at radius 3 is 2.53 bits per heavy atom. The van der Waals surface area contributed by atoms with Gasteiger partial charge in [-0.15, -0.1) is 0 Å². The van der Waals surface area contributed by atoms with Crippen LogP contribution in [0.1, 0.15) is 27.2 Å². The predicted molar refractivity (Wildman–Crippen MR) is 65.9 cm³/mol. The van der Waals surface area contributed by atoms with Gasteiger partial charge in [-0.25, -0.2) is 0 Å². The number of nitrogens with zero attached hydrogens (tertiary/aromatic N) is 2. The van der Waals surface area contributed by atoms with Crippen LogP contribution in [0.3, 0.4) is 0 Å². The van der Waals surface area contributed by atoms with E-state index in [9.17, 15) is 4.79 Å². The Balaban J connectivity index is 4.27. The predicted octanol–water partition coefficient (Wildman–Crippen LogP) is 0.642. The van der Waals surface area contributed by atoms with E-state index >= 15 is 0 Å². The molecular weight excluding hydrogens is 222 g/mol. The number of nitrogens with two attached hydrogens (primary N) is 1. The molecule has 6 heteroatoms. The molecule has 100 valence electrons. The molecule has 0 aliphatic heterocycles. The molecule has 17 heavy (non-hydrogen) atoms. The van der Waals surface area contributed by atoms with Crippen LogP contribution in [0.15, 0.2) is 5.16 Å². The quantitative estimate of drug-likeness (QED) is 0.298. The summed E-state index contributed by atoms with van der Waals surface area (Å²) in [5, 5.41) is 11.5. The molecule has 0 bridgehead atoms. The lowest BCUT2D eigenvalue weighted by atomic mass is 10.0. The van der Waals surface area contributed by atoms with E-state index in [4.69, 9.17) is 15.7 Å². The van der Waals surface area contributed by atoms with Crippen molar-refractivity contribution in [1.82, 2.24) is 4.90 Å². The molecule has 0 aliphatic carbocycles. The standard InChI is InChI=1S/C11H23N3O3/c1-5-9(10(12)13-16)11(15)14(4)6-7-17-8(2)3/h8-9,16H,5-7H2,1-4H3,(H2,12,13). The summed E-state index contributed by atoms with van der Waals surface area (Å²) < 4.78 is 5.36. The third-order valence-corrected chi connectivity index (χ3v) is 2.43. The molecule has 0 saturated carbocycles. The van der Waals surface area contributed by atoms with Crippen LogP contribution in [-0.2, 0) is 9.53 Å². The maximum atomic E-state index is 11.9. The molecule has 0 spiro atoms. The van der Waals surface area contributed by atoms with Gasteiger partial charge in [-0.05, 0) is 20.3 Å². The van der Waals surface area contributed by atoms with Gasteiger partial charge < -0.3 is 20.6 Å². The molecule has 1 unspecified atom stereocenters. The molecule has 1 atom stereocenters. The number of carbonyl (C=O) groups excluding carboxylic acids is 1. The normalized spacial score (nSPS) is 13.8. The third kappa shape index (κ3) is 5.53. The topological polar surface area (TPSA) is 88.2 Å². The number of likely N-dealkylation sites (N-methyl/N-ethyl adjacent to an activating group) is 1. The summed E-state index contributed by atoms with van der Waals surface area (Å²) in [6, 6.07) is 0. The molecule has 0 aromatic carbocycles. The first-order valence-corrected chi connectivity index (χ1v) is 5.78. The second kappa shape index (κ2) is 7.89. The van der Waals surface area contributed by atoms with Crippen molar-refractivity contribution in [2.24, 2.45) is 16.8 Å². The highest BCUT2D eigenvalue weighted by Gasteiger charge is 2.24. The maximum absolute atomic E-state index is 11.9. The highest BCUT2D eigenvalue weighted by Crippen LogP contribution is 2.07. The van der Waals surface area contributed by atoms with Crippen LogP contribution >= 0.6 is 0 Å². The van der Waals surface area contributed by atoms with Crippen LogP contribution in [0.5, 0.6) is 0 Å². The van der Waals surface area contributed by atoms with E-state index in [2.05, 4.69) is 5.16 Å². The van der Waals surface area contributed by atoms with E-state index in [-0.39, 0.29) is 17.8 Å². The fraction of sp³-hybridized carbons (Fsp3) is 0.818. The second-order valence-electron chi connectivity index (χ2n) is 4.17. The number of rotatable bonds is 7. The van der Waals surface area contributed by atoms with Gasteiger partial charge in [0.15, 0.2) is 5.84 Å². The van der Waals surface area contributed by atoms with Crippen LogP contribution in [0.2, 0.25) is 0 Å². The minimum Gasteiger partial charge on any atom is -0.409 e. The molecule has 0 aliphatic rings. The van der Waals surface area contributed by atoms with Gasteiger partial charge in [-0.2, -0.15) is 0 Å². The molecule has 0 aromatic heterocycles. The summed E-state index contributed by atoms with van der Waals surface area (Å²) in [5.41, 5.74) is 5.46. The highest BCUT2D eigenvalue weighted by atomic mass is 16.5. The second-order valence-corrected chi connectivity index (χ2v) is 4.17. The summed E-state index contributed by atoms with van der Waals surface area (Å²) >= 11 is 0. The van der Waals surface area contributed by atoms with Crippen LogP contribution in [0.25, 0.3) is 0 Å². The zero-order chi connectivity index (χ0) is 13.4. The van der Waals surface area contributed by atoms with Crippen molar-refractivity contribution >= 4 is 11.7 Å². The average molecular weight is 245 g/mol. The Bertz CT molecular complexity index is 267. The van der Waals surface area contributed by atoms with E-state index in [0.29, 0.717) is 19.6 Å². The number of amides is 1. The lowest BCUT2D eigenvalue weighted by Gasteiger charge is -2.22. The minimum atomic E-state index is -0.566. The molecule has 0 fully saturated rings. The number of hydrogen-bond donors (Lipinski definition) is 2. The van der Waals surface area contributed by atoms with E-state index < -0.39 is 5.92 Å². The zero-order valence-electron chi connectivity index (χ0n) is 11.0. The molecule has 6 nitrogen and oxygen atoms in total. The van der Waals surface area contributed by atoms with Gasteiger partial charge in [-0.3, -0.25) is 4.79 Å². The molecule has 0 rings (SSSR count). The third-order valence-electron chi connectivity index (χ3n) is 2.43. The Labute approximate surface area is 102 Å². The molecule has 1 amide bonds. The summed E-state index contributed by atoms with van der Waals surface area (Å²) in [6.45, 7) is 6.66. The van der Waals surface area contributed by atoms with Crippen LogP contribution in [0.4, 0.5) is 0 Å². The maximum Gasteiger partial charge on any atom is 0.233 e. The first-order valence-electron chi connectivity index (χ1n) is 5.78. The summed E-state index contributed by atoms with van der Waals surface area (Å²) in [4.78, 5) is 13.5. The molecule has 0 saturated heterocycles. The number of carbonyl (C=O) groups is 1. The fourth-order valence-electron chi connectivity index (χ4n) is 1.38. The Morgan fingerprint density at radius 2 is 2.12 bits per heavy atom. The van der Waals surface area contributed by atoms with E-state index in [1.807, 2.05) is 20.8 Å². The van der Waals surface area contributed by atoms with Crippen molar-refractivity contribution in [2.45, 2.75) is 33.3 Å². The minimum absolute atomic E-state index is 0.0471. The number of ether oxygens (including phenoxy) is 1. The van der Waals surface area contributed by atoms with Crippen molar-refractivity contribution in [3.05, 3.63) is 0 Å². The van der Waals surface area contributed by atoms with Crippen molar-refractivity contribution < 1.29 is 14.7 Å². The van der Waals surface area contributed by atoms with Gasteiger partial charge in [0.25, 0.3) is 0 Å². The molecule has 0 aromatic rings. The molecule has 3 N–H and O–H groups in total. The Hall–Kier alpha value is -1.30. The Kier molecular flexibility index (Phi) is 7.29. The van der Waals surface area contributed by atoms with Crippen LogP contribution in [0, 0.1) is 5.92 Å². The van der Waals surface area contributed by atoms with Crippen LogP contribution < -0.4 is 5.73 Å². The fourth-order valence-corrected chi connectivity index (χ4v) is 1.38. The van der Waals surface area contributed by atoms with Crippen molar-refractivity contribution in [1.29, 1.82) is 0 Å². The van der Waals surface area contributed by atoms with Crippen molar-refractivity contribution in [2.75, 3.05) is 20.2 Å². The summed E-state index contributed by atoms with van der Waals surface area (Å²) in [5.74, 6) is -0.770. The number of hydrogen-bond acceptors (Lipinski definition) is 4.